The summed E-state index contributed by atoms with van der Waals surface area (Å²) in [6.45, 7) is 4.59. The molecule has 3 heteroatoms. The van der Waals surface area contributed by atoms with Crippen molar-refractivity contribution in [3.8, 4) is 0 Å². The fraction of sp³-hybridized carbons (Fsp3) is 0.625. The Labute approximate surface area is 66.4 Å². The summed E-state index contributed by atoms with van der Waals surface area (Å²) >= 11 is 0. The predicted octanol–water partition coefficient (Wildman–Crippen LogP) is -0.0241. The first-order valence-corrected chi connectivity index (χ1v) is 3.71. The average Bonchev–Trinajstić information content (AvgIpc) is 2.50. The summed E-state index contributed by atoms with van der Waals surface area (Å²) in [6.07, 6.45) is 1.36. The first-order chi connectivity index (χ1) is 5.29. The summed E-state index contributed by atoms with van der Waals surface area (Å²) in [5.74, 6) is 0.0411. The van der Waals surface area contributed by atoms with Crippen molar-refractivity contribution >= 4 is 5.78 Å². The SMILES string of the molecule is C=CC(=O)C1COCC1NC. The van der Waals surface area contributed by atoms with E-state index in [4.69, 9.17) is 4.74 Å². The molecule has 0 aliphatic carbocycles. The molecule has 0 aromatic carbocycles. The second kappa shape index (κ2) is 3.64. The molecule has 0 bridgehead atoms. The molecule has 0 radical (unpaired) electrons. The van der Waals surface area contributed by atoms with Gasteiger partial charge in [0.05, 0.1) is 19.1 Å². The van der Waals surface area contributed by atoms with E-state index in [1.807, 2.05) is 7.05 Å². The largest absolute Gasteiger partial charge is 0.379 e. The van der Waals surface area contributed by atoms with Crippen molar-refractivity contribution in [1.82, 2.24) is 5.32 Å². The molecule has 1 fully saturated rings. The Kier molecular flexibility index (Phi) is 2.79. The Morgan fingerprint density at radius 2 is 2.45 bits per heavy atom. The molecular formula is C8H13NO2. The summed E-state index contributed by atoms with van der Waals surface area (Å²) < 4.78 is 5.15. The zero-order chi connectivity index (χ0) is 8.27. The molecule has 1 saturated heterocycles. The highest BCUT2D eigenvalue weighted by molar-refractivity contribution is 5.92. The third-order valence-electron chi connectivity index (χ3n) is 2.02. The van der Waals surface area contributed by atoms with Crippen molar-refractivity contribution in [1.29, 1.82) is 0 Å². The van der Waals surface area contributed by atoms with Crippen molar-refractivity contribution < 1.29 is 9.53 Å². The maximum Gasteiger partial charge on any atom is 0.162 e. The van der Waals surface area contributed by atoms with E-state index in [2.05, 4.69) is 11.9 Å². The predicted molar refractivity (Wildman–Crippen MR) is 42.4 cm³/mol. The van der Waals surface area contributed by atoms with Gasteiger partial charge >= 0.3 is 0 Å². The van der Waals surface area contributed by atoms with Gasteiger partial charge in [0, 0.05) is 6.04 Å². The number of ketones is 1. The standard InChI is InChI=1S/C8H13NO2/c1-3-8(10)6-4-11-5-7(6)9-2/h3,6-7,9H,1,4-5H2,2H3. The number of ether oxygens (including phenoxy) is 1. The van der Waals surface area contributed by atoms with E-state index < -0.39 is 0 Å². The zero-order valence-corrected chi connectivity index (χ0v) is 6.67. The van der Waals surface area contributed by atoms with Crippen molar-refractivity contribution in [3.63, 3.8) is 0 Å². The van der Waals surface area contributed by atoms with Gasteiger partial charge in [-0.2, -0.15) is 0 Å². The van der Waals surface area contributed by atoms with E-state index in [0.29, 0.717) is 13.2 Å². The van der Waals surface area contributed by atoms with Gasteiger partial charge in [0.15, 0.2) is 5.78 Å². The molecule has 2 atom stereocenters. The van der Waals surface area contributed by atoms with Crippen LogP contribution in [0.25, 0.3) is 0 Å². The average molecular weight is 155 g/mol. The van der Waals surface area contributed by atoms with Crippen LogP contribution in [-0.2, 0) is 9.53 Å². The fourth-order valence-corrected chi connectivity index (χ4v) is 1.27. The van der Waals surface area contributed by atoms with E-state index in [-0.39, 0.29) is 17.7 Å². The second-order valence-electron chi connectivity index (χ2n) is 2.65. The Balaban J connectivity index is 2.55. The summed E-state index contributed by atoms with van der Waals surface area (Å²) in [6, 6.07) is 0.167. The van der Waals surface area contributed by atoms with Gasteiger partial charge in [-0.1, -0.05) is 6.58 Å². The third kappa shape index (κ3) is 1.67. The highest BCUT2D eigenvalue weighted by Crippen LogP contribution is 2.14. The molecule has 0 aromatic rings. The van der Waals surface area contributed by atoms with Gasteiger partial charge in [-0.25, -0.2) is 0 Å². The Bertz CT molecular complexity index is 167. The highest BCUT2D eigenvalue weighted by atomic mass is 16.5. The summed E-state index contributed by atoms with van der Waals surface area (Å²) in [7, 11) is 1.84. The number of carbonyl (C=O) groups is 1. The van der Waals surface area contributed by atoms with Crippen LogP contribution in [-0.4, -0.2) is 32.1 Å². The molecule has 1 N–H and O–H groups in total. The smallest absolute Gasteiger partial charge is 0.162 e. The molecular weight excluding hydrogens is 142 g/mol. The summed E-state index contributed by atoms with van der Waals surface area (Å²) in [4.78, 5) is 11.1. The topological polar surface area (TPSA) is 38.3 Å². The van der Waals surface area contributed by atoms with E-state index in [0.717, 1.165) is 0 Å². The number of likely N-dealkylation sites (N-methyl/N-ethyl adjacent to an activating group) is 1. The maximum atomic E-state index is 11.1. The Morgan fingerprint density at radius 3 is 3.00 bits per heavy atom. The van der Waals surface area contributed by atoms with Crippen LogP contribution in [0.1, 0.15) is 0 Å². The number of allylic oxidation sites excluding steroid dienone is 1. The van der Waals surface area contributed by atoms with Gasteiger partial charge < -0.3 is 10.1 Å². The van der Waals surface area contributed by atoms with Gasteiger partial charge in [-0.3, -0.25) is 4.79 Å². The van der Waals surface area contributed by atoms with Crippen LogP contribution in [0.4, 0.5) is 0 Å². The lowest BCUT2D eigenvalue weighted by atomic mass is 9.99. The lowest BCUT2D eigenvalue weighted by Gasteiger charge is -2.12. The van der Waals surface area contributed by atoms with Crippen LogP contribution in [0, 0.1) is 5.92 Å². The van der Waals surface area contributed by atoms with Crippen molar-refractivity contribution in [2.45, 2.75) is 6.04 Å². The number of carbonyl (C=O) groups excluding carboxylic acids is 1. The van der Waals surface area contributed by atoms with E-state index >= 15 is 0 Å². The Hall–Kier alpha value is -0.670. The van der Waals surface area contributed by atoms with Gasteiger partial charge in [0.25, 0.3) is 0 Å². The summed E-state index contributed by atoms with van der Waals surface area (Å²) in [5, 5.41) is 3.04. The van der Waals surface area contributed by atoms with Gasteiger partial charge in [0.1, 0.15) is 0 Å². The second-order valence-corrected chi connectivity index (χ2v) is 2.65. The number of rotatable bonds is 3. The van der Waals surface area contributed by atoms with Crippen LogP contribution >= 0.6 is 0 Å². The Morgan fingerprint density at radius 1 is 1.73 bits per heavy atom. The monoisotopic (exact) mass is 155 g/mol. The molecule has 1 rings (SSSR count). The minimum Gasteiger partial charge on any atom is -0.379 e. The lowest BCUT2D eigenvalue weighted by Crippen LogP contribution is -2.36. The zero-order valence-electron chi connectivity index (χ0n) is 6.67. The summed E-state index contributed by atoms with van der Waals surface area (Å²) in [5.41, 5.74) is 0. The first kappa shape index (κ1) is 8.43. The lowest BCUT2D eigenvalue weighted by molar-refractivity contribution is -0.118. The number of nitrogens with one attached hydrogen (secondary N) is 1. The molecule has 3 nitrogen and oxygen atoms in total. The van der Waals surface area contributed by atoms with Crippen molar-refractivity contribution in [2.24, 2.45) is 5.92 Å². The minimum atomic E-state index is -0.0301. The molecule has 62 valence electrons. The highest BCUT2D eigenvalue weighted by Gasteiger charge is 2.30. The molecule has 0 aromatic heterocycles. The normalized spacial score (nSPS) is 30.3. The van der Waals surface area contributed by atoms with E-state index in [1.54, 1.807) is 0 Å². The molecule has 0 saturated carbocycles. The first-order valence-electron chi connectivity index (χ1n) is 3.71. The number of hydrogen-bond donors (Lipinski definition) is 1. The molecule has 1 aliphatic heterocycles. The van der Waals surface area contributed by atoms with Gasteiger partial charge in [-0.15, -0.1) is 0 Å². The fourth-order valence-electron chi connectivity index (χ4n) is 1.27. The quantitative estimate of drug-likeness (QED) is 0.582. The van der Waals surface area contributed by atoms with Crippen LogP contribution in [0.15, 0.2) is 12.7 Å². The molecule has 1 aliphatic rings. The van der Waals surface area contributed by atoms with Crippen LogP contribution < -0.4 is 5.32 Å². The van der Waals surface area contributed by atoms with Crippen LogP contribution in [0.3, 0.4) is 0 Å². The van der Waals surface area contributed by atoms with Crippen LogP contribution in [0.5, 0.6) is 0 Å². The minimum absolute atomic E-state index is 0.0301. The van der Waals surface area contributed by atoms with Gasteiger partial charge in [0.2, 0.25) is 0 Å². The molecule has 0 spiro atoms. The van der Waals surface area contributed by atoms with Crippen molar-refractivity contribution in [2.75, 3.05) is 20.3 Å². The molecule has 2 unspecified atom stereocenters. The molecule has 11 heavy (non-hydrogen) atoms. The van der Waals surface area contributed by atoms with Gasteiger partial charge in [-0.05, 0) is 13.1 Å². The third-order valence-corrected chi connectivity index (χ3v) is 2.02. The molecule has 1 heterocycles. The molecule has 0 amide bonds. The van der Waals surface area contributed by atoms with E-state index in [1.165, 1.54) is 6.08 Å². The van der Waals surface area contributed by atoms with Crippen molar-refractivity contribution in [3.05, 3.63) is 12.7 Å². The maximum absolute atomic E-state index is 11.1. The van der Waals surface area contributed by atoms with Crippen LogP contribution in [0.2, 0.25) is 0 Å². The number of hydrogen-bond acceptors (Lipinski definition) is 3. The van der Waals surface area contributed by atoms with E-state index in [9.17, 15) is 4.79 Å².